The first kappa shape index (κ1) is 22.7. The van der Waals surface area contributed by atoms with Crippen molar-refractivity contribution in [3.8, 4) is 0 Å². The van der Waals surface area contributed by atoms with Crippen molar-refractivity contribution < 1.29 is 4.52 Å². The lowest BCUT2D eigenvalue weighted by molar-refractivity contribution is 0.221. The number of benzene rings is 4. The molecule has 0 amide bonds. The molecule has 0 saturated heterocycles. The van der Waals surface area contributed by atoms with Gasteiger partial charge in [-0.1, -0.05) is 91.0 Å². The SMILES string of the molecule is CCN(CC)c1cc(C)c2c(=O)n(C(c3ccccc3)(c3ccccc3)c3ccccc3)oc2c1. The van der Waals surface area contributed by atoms with Crippen LogP contribution in [-0.4, -0.2) is 17.8 Å². The molecule has 176 valence electrons. The molecule has 4 heteroatoms. The normalized spacial score (nSPS) is 11.6. The van der Waals surface area contributed by atoms with Gasteiger partial charge in [-0.15, -0.1) is 0 Å². The fourth-order valence-electron chi connectivity index (χ4n) is 5.21. The summed E-state index contributed by atoms with van der Waals surface area (Å²) in [7, 11) is 0. The van der Waals surface area contributed by atoms with Crippen molar-refractivity contribution in [2.75, 3.05) is 18.0 Å². The number of hydrogen-bond acceptors (Lipinski definition) is 3. The third-order valence-electron chi connectivity index (χ3n) is 6.88. The lowest BCUT2D eigenvalue weighted by Crippen LogP contribution is -2.42. The second kappa shape index (κ2) is 9.30. The summed E-state index contributed by atoms with van der Waals surface area (Å²) in [5, 5.41) is 0.619. The van der Waals surface area contributed by atoms with Gasteiger partial charge in [-0.25, -0.2) is 0 Å². The molecule has 4 nitrogen and oxygen atoms in total. The molecule has 0 spiro atoms. The van der Waals surface area contributed by atoms with E-state index in [1.165, 1.54) is 0 Å². The van der Waals surface area contributed by atoms with Crippen molar-refractivity contribution in [1.82, 2.24) is 4.74 Å². The lowest BCUT2D eigenvalue weighted by Gasteiger charge is -2.34. The van der Waals surface area contributed by atoms with Crippen LogP contribution in [-0.2, 0) is 5.54 Å². The highest BCUT2D eigenvalue weighted by atomic mass is 16.5. The van der Waals surface area contributed by atoms with Gasteiger partial charge in [-0.2, -0.15) is 4.74 Å². The Bertz CT molecular complexity index is 1380. The summed E-state index contributed by atoms with van der Waals surface area (Å²) in [4.78, 5) is 16.5. The summed E-state index contributed by atoms with van der Waals surface area (Å²) in [6.45, 7) is 8.03. The predicted octanol–water partition coefficient (Wildman–Crippen LogP) is 6.59. The quantitative estimate of drug-likeness (QED) is 0.256. The molecule has 0 aliphatic rings. The van der Waals surface area contributed by atoms with E-state index in [9.17, 15) is 4.79 Å². The highest BCUT2D eigenvalue weighted by Gasteiger charge is 2.42. The fraction of sp³-hybridized carbons (Fsp3) is 0.194. The highest BCUT2D eigenvalue weighted by molar-refractivity contribution is 5.84. The summed E-state index contributed by atoms with van der Waals surface area (Å²) in [6, 6.07) is 34.5. The van der Waals surface area contributed by atoms with Crippen LogP contribution in [0.15, 0.2) is 112 Å². The van der Waals surface area contributed by atoms with Gasteiger partial charge in [-0.05, 0) is 49.1 Å². The zero-order valence-electron chi connectivity index (χ0n) is 20.4. The highest BCUT2D eigenvalue weighted by Crippen LogP contribution is 2.41. The molecule has 0 aliphatic heterocycles. The van der Waals surface area contributed by atoms with Crippen LogP contribution in [0.2, 0.25) is 0 Å². The molecule has 0 N–H and O–H groups in total. The first-order chi connectivity index (χ1) is 17.1. The van der Waals surface area contributed by atoms with Gasteiger partial charge in [0.1, 0.15) is 0 Å². The van der Waals surface area contributed by atoms with Crippen LogP contribution in [0.25, 0.3) is 11.0 Å². The molecular weight excluding hydrogens is 432 g/mol. The van der Waals surface area contributed by atoms with Crippen LogP contribution in [0.5, 0.6) is 0 Å². The number of hydrogen-bond donors (Lipinski definition) is 0. The molecule has 0 aliphatic carbocycles. The largest absolute Gasteiger partial charge is 0.374 e. The first-order valence-electron chi connectivity index (χ1n) is 12.2. The summed E-state index contributed by atoms with van der Waals surface area (Å²) in [5.41, 5.74) is 4.34. The second-order valence-corrected chi connectivity index (χ2v) is 8.81. The van der Waals surface area contributed by atoms with Crippen LogP contribution in [0.3, 0.4) is 0 Å². The standard InChI is InChI=1S/C31H30N2O2/c1-4-32(5-2)27-21-23(3)29-28(22-27)35-33(30(29)34)31(24-15-9-6-10-16-24,25-17-11-7-12-18-25)26-19-13-8-14-20-26/h6-22H,4-5H2,1-3H3. The van der Waals surface area contributed by atoms with E-state index in [1.807, 2.05) is 67.6 Å². The smallest absolute Gasteiger partial charge is 0.292 e. The maximum atomic E-state index is 14.2. The third-order valence-corrected chi connectivity index (χ3v) is 6.88. The Morgan fingerprint density at radius 1 is 0.743 bits per heavy atom. The van der Waals surface area contributed by atoms with E-state index in [0.29, 0.717) is 11.0 Å². The molecule has 0 saturated carbocycles. The molecule has 1 heterocycles. The minimum atomic E-state index is -0.971. The van der Waals surface area contributed by atoms with Crippen molar-refractivity contribution in [2.45, 2.75) is 26.3 Å². The molecule has 0 fully saturated rings. The number of anilines is 1. The molecule has 5 rings (SSSR count). The van der Waals surface area contributed by atoms with Gasteiger partial charge in [0, 0.05) is 24.8 Å². The Morgan fingerprint density at radius 3 is 1.63 bits per heavy atom. The maximum absolute atomic E-state index is 14.2. The minimum Gasteiger partial charge on any atom is -0.374 e. The van der Waals surface area contributed by atoms with E-state index in [1.54, 1.807) is 4.74 Å². The van der Waals surface area contributed by atoms with Crippen LogP contribution in [0.4, 0.5) is 5.69 Å². The zero-order chi connectivity index (χ0) is 24.4. The van der Waals surface area contributed by atoms with Gasteiger partial charge in [0.05, 0.1) is 5.39 Å². The molecule has 0 atom stereocenters. The Kier molecular flexibility index (Phi) is 6.04. The van der Waals surface area contributed by atoms with Gasteiger partial charge in [0.2, 0.25) is 0 Å². The Labute approximate surface area is 206 Å². The number of nitrogens with zero attached hydrogens (tertiary/aromatic N) is 2. The molecule has 5 aromatic rings. The van der Waals surface area contributed by atoms with Crippen molar-refractivity contribution in [3.63, 3.8) is 0 Å². The van der Waals surface area contributed by atoms with Crippen molar-refractivity contribution in [2.24, 2.45) is 0 Å². The summed E-state index contributed by atoms with van der Waals surface area (Å²) >= 11 is 0. The number of fused-ring (bicyclic) bond motifs is 1. The van der Waals surface area contributed by atoms with E-state index < -0.39 is 5.54 Å². The van der Waals surface area contributed by atoms with Gasteiger partial charge < -0.3 is 9.42 Å². The monoisotopic (exact) mass is 462 g/mol. The molecule has 0 radical (unpaired) electrons. The van der Waals surface area contributed by atoms with E-state index in [-0.39, 0.29) is 5.56 Å². The van der Waals surface area contributed by atoms with E-state index in [0.717, 1.165) is 41.0 Å². The van der Waals surface area contributed by atoms with Gasteiger partial charge in [-0.3, -0.25) is 4.79 Å². The van der Waals surface area contributed by atoms with Crippen LogP contribution >= 0.6 is 0 Å². The molecule has 4 aromatic carbocycles. The van der Waals surface area contributed by atoms with E-state index in [4.69, 9.17) is 4.52 Å². The van der Waals surface area contributed by atoms with Crippen molar-refractivity contribution in [1.29, 1.82) is 0 Å². The van der Waals surface area contributed by atoms with Gasteiger partial charge in [0.25, 0.3) is 5.56 Å². The van der Waals surface area contributed by atoms with Crippen LogP contribution in [0, 0.1) is 6.92 Å². The van der Waals surface area contributed by atoms with E-state index >= 15 is 0 Å². The Morgan fingerprint density at radius 2 is 1.20 bits per heavy atom. The first-order valence-corrected chi connectivity index (χ1v) is 12.2. The molecule has 0 bridgehead atoms. The van der Waals surface area contributed by atoms with Gasteiger partial charge >= 0.3 is 0 Å². The molecule has 35 heavy (non-hydrogen) atoms. The molecule has 0 unspecified atom stereocenters. The third kappa shape index (κ3) is 3.66. The molecular formula is C31H30N2O2. The average Bonchev–Trinajstić information content (AvgIpc) is 3.24. The summed E-state index contributed by atoms with van der Waals surface area (Å²) in [6.07, 6.45) is 0. The second-order valence-electron chi connectivity index (χ2n) is 8.81. The maximum Gasteiger partial charge on any atom is 0.292 e. The zero-order valence-corrected chi connectivity index (χ0v) is 20.4. The topological polar surface area (TPSA) is 38.4 Å². The fourth-order valence-corrected chi connectivity index (χ4v) is 5.21. The predicted molar refractivity (Wildman–Crippen MR) is 143 cm³/mol. The summed E-state index contributed by atoms with van der Waals surface area (Å²) in [5.74, 6) is 0. The molecule has 1 aromatic heterocycles. The van der Waals surface area contributed by atoms with Gasteiger partial charge in [0.15, 0.2) is 11.1 Å². The summed E-state index contributed by atoms with van der Waals surface area (Å²) < 4.78 is 8.15. The van der Waals surface area contributed by atoms with Crippen LogP contribution < -0.4 is 10.5 Å². The lowest BCUT2D eigenvalue weighted by atomic mass is 9.77. The van der Waals surface area contributed by atoms with Crippen molar-refractivity contribution in [3.05, 3.63) is 136 Å². The minimum absolute atomic E-state index is 0.139. The number of aromatic nitrogens is 1. The Hall–Kier alpha value is -4.05. The number of aryl methyl sites for hydroxylation is 1. The number of rotatable bonds is 7. The van der Waals surface area contributed by atoms with E-state index in [2.05, 4.69) is 61.2 Å². The Balaban J connectivity index is 1.91. The van der Waals surface area contributed by atoms with Crippen molar-refractivity contribution >= 4 is 16.7 Å². The average molecular weight is 463 g/mol. The van der Waals surface area contributed by atoms with Crippen LogP contribution in [0.1, 0.15) is 36.1 Å².